The molecule has 0 radical (unpaired) electrons. The first-order valence-corrected chi connectivity index (χ1v) is 7.35. The van der Waals surface area contributed by atoms with Gasteiger partial charge in [0.25, 0.3) is 5.91 Å². The molecule has 0 aliphatic carbocycles. The van der Waals surface area contributed by atoms with Crippen LogP contribution < -0.4 is 5.32 Å². The number of hydrogen-bond donors (Lipinski definition) is 2. The van der Waals surface area contributed by atoms with Crippen LogP contribution in [0.15, 0.2) is 30.5 Å². The van der Waals surface area contributed by atoms with Crippen molar-refractivity contribution in [3.05, 3.63) is 41.0 Å². The summed E-state index contributed by atoms with van der Waals surface area (Å²) in [6, 6.07) is 6.71. The lowest BCUT2D eigenvalue weighted by Gasteiger charge is -2.18. The Hall–Kier alpha value is -1.65. The number of aliphatic hydroxyl groups is 1. The van der Waals surface area contributed by atoms with Crippen molar-refractivity contribution in [2.75, 3.05) is 6.61 Å². The van der Waals surface area contributed by atoms with Gasteiger partial charge in [0.15, 0.2) is 0 Å². The predicted octanol–water partition coefficient (Wildman–Crippen LogP) is 3.03. The van der Waals surface area contributed by atoms with E-state index in [9.17, 15) is 9.90 Å². The number of amides is 1. The van der Waals surface area contributed by atoms with Crippen molar-refractivity contribution in [2.24, 2.45) is 5.92 Å². The van der Waals surface area contributed by atoms with Crippen LogP contribution in [-0.2, 0) is 0 Å². The minimum absolute atomic E-state index is 0.0805. The summed E-state index contributed by atoms with van der Waals surface area (Å²) in [5.41, 5.74) is 1.04. The second kappa shape index (κ2) is 6.87. The van der Waals surface area contributed by atoms with Crippen molar-refractivity contribution in [2.45, 2.75) is 26.3 Å². The maximum atomic E-state index is 12.4. The molecular weight excluding hydrogens is 288 g/mol. The number of pyridine rings is 1. The fourth-order valence-corrected chi connectivity index (χ4v) is 2.55. The third kappa shape index (κ3) is 3.71. The summed E-state index contributed by atoms with van der Waals surface area (Å²) < 4.78 is 0. The van der Waals surface area contributed by atoms with E-state index in [-0.39, 0.29) is 18.6 Å². The fourth-order valence-electron chi connectivity index (χ4n) is 2.33. The van der Waals surface area contributed by atoms with Crippen molar-refractivity contribution in [1.82, 2.24) is 10.3 Å². The number of aliphatic hydroxyl groups excluding tert-OH is 1. The monoisotopic (exact) mass is 306 g/mol. The molecule has 21 heavy (non-hydrogen) atoms. The quantitative estimate of drug-likeness (QED) is 0.892. The summed E-state index contributed by atoms with van der Waals surface area (Å²) in [5, 5.41) is 13.5. The molecule has 1 unspecified atom stereocenters. The number of halogens is 1. The van der Waals surface area contributed by atoms with Crippen molar-refractivity contribution in [1.29, 1.82) is 0 Å². The molecule has 1 aromatic carbocycles. The van der Waals surface area contributed by atoms with Gasteiger partial charge in [0, 0.05) is 11.6 Å². The molecular formula is C16H19ClN2O2. The highest BCUT2D eigenvalue weighted by molar-refractivity contribution is 6.36. The van der Waals surface area contributed by atoms with Crippen molar-refractivity contribution >= 4 is 28.4 Å². The normalized spacial score (nSPS) is 12.6. The van der Waals surface area contributed by atoms with Crippen LogP contribution in [0.25, 0.3) is 10.9 Å². The van der Waals surface area contributed by atoms with Gasteiger partial charge in [-0.25, -0.2) is 0 Å². The van der Waals surface area contributed by atoms with Crippen molar-refractivity contribution in [3.8, 4) is 0 Å². The summed E-state index contributed by atoms with van der Waals surface area (Å²) in [5.74, 6) is 0.151. The Balaban J connectivity index is 2.29. The van der Waals surface area contributed by atoms with Gasteiger partial charge < -0.3 is 10.4 Å². The molecule has 112 valence electrons. The number of carbonyl (C=O) groups is 1. The molecule has 4 nitrogen and oxygen atoms in total. The van der Waals surface area contributed by atoms with Gasteiger partial charge in [0.2, 0.25) is 0 Å². The topological polar surface area (TPSA) is 62.2 Å². The number of hydrogen-bond acceptors (Lipinski definition) is 3. The van der Waals surface area contributed by atoms with E-state index < -0.39 is 0 Å². The largest absolute Gasteiger partial charge is 0.394 e. The molecule has 2 rings (SSSR count). The first kappa shape index (κ1) is 15.7. The number of nitrogens with zero attached hydrogens (tertiary/aromatic N) is 1. The first-order chi connectivity index (χ1) is 10.0. The summed E-state index contributed by atoms with van der Waals surface area (Å²) in [7, 11) is 0. The second-order valence-corrected chi connectivity index (χ2v) is 5.88. The number of fused-ring (bicyclic) bond motifs is 1. The zero-order valence-electron chi connectivity index (χ0n) is 12.1. The SMILES string of the molecule is CC(C)CC(CO)NC(=O)c1ccc(Cl)c2cccnc12. The maximum Gasteiger partial charge on any atom is 0.253 e. The lowest BCUT2D eigenvalue weighted by molar-refractivity contribution is 0.0910. The Kier molecular flexibility index (Phi) is 5.15. The average Bonchev–Trinajstić information content (AvgIpc) is 2.46. The number of nitrogens with one attached hydrogen (secondary N) is 1. The molecule has 1 amide bonds. The number of rotatable bonds is 5. The van der Waals surface area contributed by atoms with Gasteiger partial charge in [-0.1, -0.05) is 25.4 Å². The van der Waals surface area contributed by atoms with Crippen LogP contribution in [0.3, 0.4) is 0 Å². The first-order valence-electron chi connectivity index (χ1n) is 6.98. The van der Waals surface area contributed by atoms with Crippen LogP contribution in [0, 0.1) is 5.92 Å². The van der Waals surface area contributed by atoms with Gasteiger partial charge >= 0.3 is 0 Å². The zero-order chi connectivity index (χ0) is 15.4. The molecule has 0 aliphatic rings. The Morgan fingerprint density at radius 2 is 2.14 bits per heavy atom. The lowest BCUT2D eigenvalue weighted by Crippen LogP contribution is -2.38. The van der Waals surface area contributed by atoms with E-state index in [1.807, 2.05) is 19.9 Å². The number of benzene rings is 1. The standard InChI is InChI=1S/C16H19ClN2O2/c1-10(2)8-11(9-20)19-16(21)13-5-6-14(17)12-4-3-7-18-15(12)13/h3-7,10-11,20H,8-9H2,1-2H3,(H,19,21). The van der Waals surface area contributed by atoms with Crippen molar-refractivity contribution < 1.29 is 9.90 Å². The molecule has 2 N–H and O–H groups in total. The Bertz CT molecular complexity index is 643. The van der Waals surface area contributed by atoms with Gasteiger partial charge in [-0.15, -0.1) is 0 Å². The number of aromatic nitrogens is 1. The molecule has 1 heterocycles. The van der Waals surface area contributed by atoms with E-state index in [1.54, 1.807) is 24.4 Å². The molecule has 0 spiro atoms. The van der Waals surface area contributed by atoms with E-state index in [4.69, 9.17) is 11.6 Å². The van der Waals surface area contributed by atoms with Crippen LogP contribution >= 0.6 is 11.6 Å². The summed E-state index contributed by atoms with van der Waals surface area (Å²) >= 11 is 6.12. The van der Waals surface area contributed by atoms with Crippen LogP contribution in [0.5, 0.6) is 0 Å². The van der Waals surface area contributed by atoms with Crippen LogP contribution in [0.4, 0.5) is 0 Å². The third-order valence-electron chi connectivity index (χ3n) is 3.27. The van der Waals surface area contributed by atoms with Gasteiger partial charge in [0.05, 0.1) is 28.8 Å². The molecule has 2 aromatic rings. The summed E-state index contributed by atoms with van der Waals surface area (Å²) in [6.07, 6.45) is 2.36. The fraction of sp³-hybridized carbons (Fsp3) is 0.375. The van der Waals surface area contributed by atoms with E-state index in [0.717, 1.165) is 11.8 Å². The zero-order valence-corrected chi connectivity index (χ0v) is 12.9. The summed E-state index contributed by atoms with van der Waals surface area (Å²) in [6.45, 7) is 4.02. The van der Waals surface area contributed by atoms with E-state index in [0.29, 0.717) is 22.0 Å². The van der Waals surface area contributed by atoms with Crippen molar-refractivity contribution in [3.63, 3.8) is 0 Å². The van der Waals surface area contributed by atoms with Gasteiger partial charge in [-0.05, 0) is 36.6 Å². The number of carbonyl (C=O) groups excluding carboxylic acids is 1. The Morgan fingerprint density at radius 1 is 1.38 bits per heavy atom. The highest BCUT2D eigenvalue weighted by Crippen LogP contribution is 2.24. The third-order valence-corrected chi connectivity index (χ3v) is 3.60. The highest BCUT2D eigenvalue weighted by atomic mass is 35.5. The molecule has 1 aromatic heterocycles. The van der Waals surface area contributed by atoms with E-state index in [1.165, 1.54) is 0 Å². The lowest BCUT2D eigenvalue weighted by atomic mass is 10.0. The molecule has 0 saturated heterocycles. The molecule has 0 aliphatic heterocycles. The maximum absolute atomic E-state index is 12.4. The Labute approximate surface area is 129 Å². The summed E-state index contributed by atoms with van der Waals surface area (Å²) in [4.78, 5) is 16.7. The molecule has 0 fully saturated rings. The van der Waals surface area contributed by atoms with Crippen LogP contribution in [-0.4, -0.2) is 28.6 Å². The van der Waals surface area contributed by atoms with Crippen LogP contribution in [0.1, 0.15) is 30.6 Å². The second-order valence-electron chi connectivity index (χ2n) is 5.48. The molecule has 0 bridgehead atoms. The average molecular weight is 307 g/mol. The highest BCUT2D eigenvalue weighted by Gasteiger charge is 2.17. The van der Waals surface area contributed by atoms with Crippen LogP contribution in [0.2, 0.25) is 5.02 Å². The Morgan fingerprint density at radius 3 is 2.81 bits per heavy atom. The van der Waals surface area contributed by atoms with Gasteiger partial charge in [0.1, 0.15) is 0 Å². The minimum atomic E-state index is -0.257. The molecule has 0 saturated carbocycles. The van der Waals surface area contributed by atoms with E-state index in [2.05, 4.69) is 10.3 Å². The van der Waals surface area contributed by atoms with E-state index >= 15 is 0 Å². The molecule has 1 atom stereocenters. The minimum Gasteiger partial charge on any atom is -0.394 e. The van der Waals surface area contributed by atoms with Gasteiger partial charge in [-0.3, -0.25) is 9.78 Å². The predicted molar refractivity (Wildman–Crippen MR) is 84.5 cm³/mol. The smallest absolute Gasteiger partial charge is 0.253 e. The molecule has 5 heteroatoms. The van der Waals surface area contributed by atoms with Gasteiger partial charge in [-0.2, -0.15) is 0 Å².